The number of rotatable bonds is 4. The summed E-state index contributed by atoms with van der Waals surface area (Å²) in [6, 6.07) is 7.19. The van der Waals surface area contributed by atoms with Crippen LogP contribution in [0.2, 0.25) is 0 Å². The Morgan fingerprint density at radius 2 is 2.00 bits per heavy atom. The minimum Gasteiger partial charge on any atom is -0.459 e. The Bertz CT molecular complexity index is 926. The summed E-state index contributed by atoms with van der Waals surface area (Å²) in [6.45, 7) is 0.0414. The van der Waals surface area contributed by atoms with Crippen LogP contribution in [0.15, 0.2) is 41.0 Å². The highest BCUT2D eigenvalue weighted by Gasteiger charge is 2.45. The molecule has 28 heavy (non-hydrogen) atoms. The average molecular weight is 385 g/mol. The highest BCUT2D eigenvalue weighted by Crippen LogP contribution is 2.31. The predicted octanol–water partition coefficient (Wildman–Crippen LogP) is 0.194. The van der Waals surface area contributed by atoms with Gasteiger partial charge in [-0.05, 0) is 36.6 Å². The molecule has 9 heteroatoms. The summed E-state index contributed by atoms with van der Waals surface area (Å²) in [6.07, 6.45) is -0.121. The lowest BCUT2D eigenvalue weighted by molar-refractivity contribution is -0.0413. The fraction of sp³-hybridized carbons (Fsp3) is 0.316. The van der Waals surface area contributed by atoms with Gasteiger partial charge in [0, 0.05) is 6.54 Å². The molecular formula is C19H19N3O6. The Morgan fingerprint density at radius 3 is 2.71 bits per heavy atom. The van der Waals surface area contributed by atoms with Crippen molar-refractivity contribution in [2.24, 2.45) is 0 Å². The van der Waals surface area contributed by atoms with Crippen molar-refractivity contribution in [2.75, 3.05) is 0 Å². The SMILES string of the molecule is O=C(NCc1cccc2c1C(=O)N(C1CCC(O)NC1O)C2=O)c1ccco1. The third-order valence-corrected chi connectivity index (χ3v) is 5.01. The van der Waals surface area contributed by atoms with E-state index in [1.54, 1.807) is 24.3 Å². The summed E-state index contributed by atoms with van der Waals surface area (Å²) >= 11 is 0. The van der Waals surface area contributed by atoms with E-state index < -0.39 is 36.2 Å². The van der Waals surface area contributed by atoms with Gasteiger partial charge in [-0.15, -0.1) is 0 Å². The van der Waals surface area contributed by atoms with Crippen LogP contribution in [0.25, 0.3) is 0 Å². The molecule has 146 valence electrons. The number of amides is 3. The van der Waals surface area contributed by atoms with Crippen LogP contribution in [0.4, 0.5) is 0 Å². The highest BCUT2D eigenvalue weighted by atomic mass is 16.3. The summed E-state index contributed by atoms with van der Waals surface area (Å²) < 4.78 is 5.03. The molecule has 0 bridgehead atoms. The lowest BCUT2D eigenvalue weighted by Crippen LogP contribution is -2.58. The number of nitrogens with one attached hydrogen (secondary N) is 2. The number of furan rings is 1. The minimum absolute atomic E-state index is 0.0414. The zero-order valence-electron chi connectivity index (χ0n) is 14.8. The fourth-order valence-corrected chi connectivity index (χ4v) is 3.64. The molecule has 0 saturated carbocycles. The van der Waals surface area contributed by atoms with Crippen LogP contribution in [0.5, 0.6) is 0 Å². The smallest absolute Gasteiger partial charge is 0.287 e. The predicted molar refractivity (Wildman–Crippen MR) is 95.0 cm³/mol. The van der Waals surface area contributed by atoms with Crippen LogP contribution < -0.4 is 10.6 Å². The van der Waals surface area contributed by atoms with Crippen LogP contribution in [-0.4, -0.2) is 51.3 Å². The average Bonchev–Trinajstić information content (AvgIpc) is 3.29. The molecule has 2 aromatic rings. The van der Waals surface area contributed by atoms with E-state index in [-0.39, 0.29) is 29.9 Å². The monoisotopic (exact) mass is 385 g/mol. The molecule has 0 radical (unpaired) electrons. The van der Waals surface area contributed by atoms with Crippen molar-refractivity contribution >= 4 is 17.7 Å². The lowest BCUT2D eigenvalue weighted by atomic mass is 10.0. The summed E-state index contributed by atoms with van der Waals surface area (Å²) in [5.74, 6) is -1.31. The Kier molecular flexibility index (Phi) is 4.71. The summed E-state index contributed by atoms with van der Waals surface area (Å²) in [5, 5.41) is 25.0. The quantitative estimate of drug-likeness (QED) is 0.553. The number of aliphatic hydroxyl groups excluding tert-OH is 2. The number of aliphatic hydroxyl groups is 2. The lowest BCUT2D eigenvalue weighted by Gasteiger charge is -2.36. The molecule has 3 unspecified atom stereocenters. The molecule has 2 aliphatic rings. The third kappa shape index (κ3) is 3.09. The van der Waals surface area contributed by atoms with Crippen LogP contribution in [0, 0.1) is 0 Å². The maximum absolute atomic E-state index is 13.0. The van der Waals surface area contributed by atoms with Gasteiger partial charge in [0.1, 0.15) is 12.5 Å². The molecule has 1 fully saturated rings. The van der Waals surface area contributed by atoms with Crippen LogP contribution in [0.3, 0.4) is 0 Å². The van der Waals surface area contributed by atoms with E-state index in [0.29, 0.717) is 12.0 Å². The maximum Gasteiger partial charge on any atom is 0.287 e. The topological polar surface area (TPSA) is 132 Å². The van der Waals surface area contributed by atoms with Crippen LogP contribution in [-0.2, 0) is 6.54 Å². The molecule has 3 amide bonds. The molecule has 0 aliphatic carbocycles. The first-order valence-electron chi connectivity index (χ1n) is 8.91. The van der Waals surface area contributed by atoms with Gasteiger partial charge in [-0.2, -0.15) is 0 Å². The number of carbonyl (C=O) groups excluding carboxylic acids is 3. The maximum atomic E-state index is 13.0. The number of imide groups is 1. The minimum atomic E-state index is -1.21. The van der Waals surface area contributed by atoms with Crippen molar-refractivity contribution in [2.45, 2.75) is 37.9 Å². The second kappa shape index (κ2) is 7.19. The van der Waals surface area contributed by atoms with E-state index >= 15 is 0 Å². The first-order chi connectivity index (χ1) is 13.5. The summed E-state index contributed by atoms with van der Waals surface area (Å²) in [4.78, 5) is 38.9. The molecule has 3 heterocycles. The van der Waals surface area contributed by atoms with Gasteiger partial charge < -0.3 is 19.9 Å². The summed E-state index contributed by atoms with van der Waals surface area (Å²) in [5.41, 5.74) is 0.940. The molecule has 0 spiro atoms. The van der Waals surface area contributed by atoms with Crippen molar-refractivity contribution in [3.8, 4) is 0 Å². The Balaban J connectivity index is 1.57. The number of piperidine rings is 1. The zero-order chi connectivity index (χ0) is 19.8. The van der Waals surface area contributed by atoms with E-state index in [4.69, 9.17) is 4.42 Å². The first-order valence-corrected chi connectivity index (χ1v) is 8.91. The van der Waals surface area contributed by atoms with Gasteiger partial charge in [0.2, 0.25) is 0 Å². The summed E-state index contributed by atoms with van der Waals surface area (Å²) in [7, 11) is 0. The highest BCUT2D eigenvalue weighted by molar-refractivity contribution is 6.22. The van der Waals surface area contributed by atoms with Gasteiger partial charge in [0.05, 0.1) is 23.4 Å². The van der Waals surface area contributed by atoms with Gasteiger partial charge in [0.15, 0.2) is 5.76 Å². The Hall–Kier alpha value is -3.01. The van der Waals surface area contributed by atoms with Gasteiger partial charge in [0.25, 0.3) is 17.7 Å². The number of fused-ring (bicyclic) bond motifs is 1. The largest absolute Gasteiger partial charge is 0.459 e. The standard InChI is InChI=1S/C19H19N3O6/c23-14-7-6-12(16(24)21-14)22-18(26)11-4-1-3-10(15(11)19(22)27)9-20-17(25)13-5-2-8-28-13/h1-5,8,12,14,16,21,23-24H,6-7,9H2,(H,20,25). The number of hydrogen-bond acceptors (Lipinski definition) is 7. The van der Waals surface area contributed by atoms with Crippen molar-refractivity contribution < 1.29 is 29.0 Å². The molecular weight excluding hydrogens is 366 g/mol. The van der Waals surface area contributed by atoms with Gasteiger partial charge in [-0.25, -0.2) is 0 Å². The first kappa shape index (κ1) is 18.4. The van der Waals surface area contributed by atoms with E-state index in [0.717, 1.165) is 4.90 Å². The second-order valence-electron chi connectivity index (χ2n) is 6.75. The van der Waals surface area contributed by atoms with Crippen LogP contribution >= 0.6 is 0 Å². The van der Waals surface area contributed by atoms with Crippen molar-refractivity contribution in [3.05, 3.63) is 59.0 Å². The van der Waals surface area contributed by atoms with E-state index in [1.807, 2.05) is 0 Å². The molecule has 3 atom stereocenters. The molecule has 2 aliphatic heterocycles. The number of benzene rings is 1. The Morgan fingerprint density at radius 1 is 1.18 bits per heavy atom. The molecule has 1 aromatic heterocycles. The van der Waals surface area contributed by atoms with Crippen LogP contribution in [0.1, 0.15) is 49.7 Å². The van der Waals surface area contributed by atoms with Crippen molar-refractivity contribution in [3.63, 3.8) is 0 Å². The Labute approximate surface area is 159 Å². The van der Waals surface area contributed by atoms with E-state index in [1.165, 1.54) is 12.3 Å². The molecule has 4 rings (SSSR count). The van der Waals surface area contributed by atoms with Gasteiger partial charge >= 0.3 is 0 Å². The number of hydrogen-bond donors (Lipinski definition) is 4. The van der Waals surface area contributed by atoms with Gasteiger partial charge in [-0.3, -0.25) is 24.6 Å². The van der Waals surface area contributed by atoms with Gasteiger partial charge in [-0.1, -0.05) is 12.1 Å². The molecule has 4 N–H and O–H groups in total. The normalized spacial score (nSPS) is 24.4. The second-order valence-corrected chi connectivity index (χ2v) is 6.75. The van der Waals surface area contributed by atoms with E-state index in [9.17, 15) is 24.6 Å². The fourth-order valence-electron chi connectivity index (χ4n) is 3.64. The molecule has 1 saturated heterocycles. The molecule has 1 aromatic carbocycles. The molecule has 9 nitrogen and oxygen atoms in total. The number of carbonyl (C=O) groups is 3. The third-order valence-electron chi connectivity index (χ3n) is 5.01. The van der Waals surface area contributed by atoms with Crippen molar-refractivity contribution in [1.82, 2.24) is 15.5 Å². The zero-order valence-corrected chi connectivity index (χ0v) is 14.8. The van der Waals surface area contributed by atoms with E-state index in [2.05, 4.69) is 10.6 Å². The number of nitrogens with zero attached hydrogens (tertiary/aromatic N) is 1. The van der Waals surface area contributed by atoms with Crippen molar-refractivity contribution in [1.29, 1.82) is 0 Å².